The Kier molecular flexibility index (Phi) is 5.28. The van der Waals surface area contributed by atoms with Gasteiger partial charge in [-0.2, -0.15) is 5.26 Å². The van der Waals surface area contributed by atoms with Crippen molar-refractivity contribution in [1.82, 2.24) is 4.98 Å². The lowest BCUT2D eigenvalue weighted by atomic mass is 10.2. The molecule has 0 aliphatic rings. The number of amides is 1. The molecular formula is C16H12ClN3O3. The molecule has 1 aromatic heterocycles. The topological polar surface area (TPSA) is 92.1 Å². The van der Waals surface area contributed by atoms with Crippen LogP contribution in [0.1, 0.15) is 22.8 Å². The van der Waals surface area contributed by atoms with Crippen LogP contribution in [0.3, 0.4) is 0 Å². The Morgan fingerprint density at radius 2 is 2.13 bits per heavy atom. The summed E-state index contributed by atoms with van der Waals surface area (Å²) >= 11 is 5.80. The number of nitrogens with one attached hydrogen (secondary N) is 1. The van der Waals surface area contributed by atoms with Crippen LogP contribution in [0.15, 0.2) is 42.6 Å². The molecule has 1 aromatic carbocycles. The van der Waals surface area contributed by atoms with Crippen LogP contribution < -0.4 is 5.32 Å². The first kappa shape index (κ1) is 16.5. The Labute approximate surface area is 137 Å². The molecule has 116 valence electrons. The molecule has 2 aromatic rings. The summed E-state index contributed by atoms with van der Waals surface area (Å²) in [5.41, 5.74) is 0.936. The Bertz CT molecular complexity index is 786. The molecule has 2 rings (SSSR count). The van der Waals surface area contributed by atoms with Gasteiger partial charge in [0.1, 0.15) is 5.15 Å². The maximum Gasteiger partial charge on any atom is 0.342 e. The highest BCUT2D eigenvalue weighted by Gasteiger charge is 2.21. The first-order valence-electron chi connectivity index (χ1n) is 6.64. The van der Waals surface area contributed by atoms with E-state index in [1.165, 1.54) is 25.3 Å². The Morgan fingerprint density at radius 3 is 2.83 bits per heavy atom. The van der Waals surface area contributed by atoms with Gasteiger partial charge in [0.05, 0.1) is 17.2 Å². The van der Waals surface area contributed by atoms with E-state index >= 15 is 0 Å². The average Bonchev–Trinajstić information content (AvgIpc) is 2.55. The predicted molar refractivity (Wildman–Crippen MR) is 83.9 cm³/mol. The van der Waals surface area contributed by atoms with E-state index in [9.17, 15) is 9.59 Å². The Morgan fingerprint density at radius 1 is 1.35 bits per heavy atom. The van der Waals surface area contributed by atoms with E-state index in [-0.39, 0.29) is 10.7 Å². The summed E-state index contributed by atoms with van der Waals surface area (Å²) in [6, 6.07) is 11.4. The monoisotopic (exact) mass is 329 g/mol. The van der Waals surface area contributed by atoms with Gasteiger partial charge in [-0.15, -0.1) is 0 Å². The van der Waals surface area contributed by atoms with Gasteiger partial charge >= 0.3 is 5.97 Å². The molecule has 0 radical (unpaired) electrons. The normalized spacial score (nSPS) is 11.2. The van der Waals surface area contributed by atoms with Crippen molar-refractivity contribution in [3.05, 3.63) is 58.9 Å². The minimum atomic E-state index is -1.04. The van der Waals surface area contributed by atoms with Crippen LogP contribution >= 0.6 is 11.6 Å². The molecule has 0 aliphatic carbocycles. The van der Waals surface area contributed by atoms with Gasteiger partial charge in [0.2, 0.25) is 0 Å². The van der Waals surface area contributed by atoms with Gasteiger partial charge in [0.25, 0.3) is 5.91 Å². The van der Waals surface area contributed by atoms with Crippen molar-refractivity contribution in [3.63, 3.8) is 0 Å². The number of hydrogen-bond acceptors (Lipinski definition) is 5. The second kappa shape index (κ2) is 7.38. The third-order valence-electron chi connectivity index (χ3n) is 2.89. The van der Waals surface area contributed by atoms with E-state index in [0.717, 1.165) is 0 Å². The Hall–Kier alpha value is -2.91. The number of carbonyl (C=O) groups excluding carboxylic acids is 2. The zero-order valence-electron chi connectivity index (χ0n) is 12.1. The molecule has 0 bridgehead atoms. The number of esters is 1. The van der Waals surface area contributed by atoms with Crippen LogP contribution in [0.4, 0.5) is 5.69 Å². The number of benzene rings is 1. The lowest BCUT2D eigenvalue weighted by molar-refractivity contribution is -0.123. The summed E-state index contributed by atoms with van der Waals surface area (Å²) in [5.74, 6) is -1.26. The summed E-state index contributed by atoms with van der Waals surface area (Å²) in [7, 11) is 0. The molecule has 0 aliphatic heterocycles. The number of nitrogens with zero attached hydrogens (tertiary/aromatic N) is 2. The third kappa shape index (κ3) is 4.28. The molecule has 1 atom stereocenters. The van der Waals surface area contributed by atoms with E-state index in [4.69, 9.17) is 21.6 Å². The third-order valence-corrected chi connectivity index (χ3v) is 3.19. The lowest BCUT2D eigenvalue weighted by Crippen LogP contribution is -2.30. The van der Waals surface area contributed by atoms with Crippen molar-refractivity contribution < 1.29 is 14.3 Å². The van der Waals surface area contributed by atoms with Gasteiger partial charge < -0.3 is 10.1 Å². The SMILES string of the molecule is C[C@H](OC(=O)c1cccnc1Cl)C(=O)Nc1cccc(C#N)c1. The van der Waals surface area contributed by atoms with Gasteiger partial charge in [0.15, 0.2) is 6.10 Å². The number of anilines is 1. The molecule has 0 spiro atoms. The summed E-state index contributed by atoms with van der Waals surface area (Å²) in [4.78, 5) is 27.8. The highest BCUT2D eigenvalue weighted by Crippen LogP contribution is 2.15. The Balaban J connectivity index is 2.01. The number of nitriles is 1. The van der Waals surface area contributed by atoms with Crippen molar-refractivity contribution in [2.24, 2.45) is 0 Å². The fourth-order valence-electron chi connectivity index (χ4n) is 1.73. The van der Waals surface area contributed by atoms with E-state index in [1.54, 1.807) is 24.3 Å². The number of halogens is 1. The van der Waals surface area contributed by atoms with E-state index in [1.807, 2.05) is 6.07 Å². The largest absolute Gasteiger partial charge is 0.449 e. The molecule has 0 fully saturated rings. The van der Waals surface area contributed by atoms with Crippen molar-refractivity contribution in [2.45, 2.75) is 13.0 Å². The molecule has 7 heteroatoms. The lowest BCUT2D eigenvalue weighted by Gasteiger charge is -2.14. The number of aromatic nitrogens is 1. The van der Waals surface area contributed by atoms with Crippen molar-refractivity contribution >= 4 is 29.2 Å². The van der Waals surface area contributed by atoms with Crippen LogP contribution in [0.25, 0.3) is 0 Å². The molecule has 1 N–H and O–H groups in total. The maximum absolute atomic E-state index is 12.0. The summed E-state index contributed by atoms with van der Waals surface area (Å²) in [6.45, 7) is 1.44. The van der Waals surface area contributed by atoms with E-state index in [2.05, 4.69) is 10.3 Å². The second-order valence-electron chi connectivity index (χ2n) is 4.57. The van der Waals surface area contributed by atoms with Crippen LogP contribution in [0.5, 0.6) is 0 Å². The zero-order valence-corrected chi connectivity index (χ0v) is 12.9. The van der Waals surface area contributed by atoms with Gasteiger partial charge in [-0.05, 0) is 37.3 Å². The van der Waals surface area contributed by atoms with Crippen LogP contribution in [0.2, 0.25) is 5.15 Å². The minimum Gasteiger partial charge on any atom is -0.449 e. The van der Waals surface area contributed by atoms with Crippen molar-refractivity contribution in [3.8, 4) is 6.07 Å². The maximum atomic E-state index is 12.0. The highest BCUT2D eigenvalue weighted by molar-refractivity contribution is 6.32. The van der Waals surface area contributed by atoms with E-state index < -0.39 is 18.0 Å². The van der Waals surface area contributed by atoms with Gasteiger partial charge in [0, 0.05) is 11.9 Å². The fraction of sp³-hybridized carbons (Fsp3) is 0.125. The fourth-order valence-corrected chi connectivity index (χ4v) is 1.92. The summed E-state index contributed by atoms with van der Waals surface area (Å²) < 4.78 is 5.07. The molecule has 1 heterocycles. The zero-order chi connectivity index (χ0) is 16.8. The number of pyridine rings is 1. The predicted octanol–water partition coefficient (Wildman–Crippen LogP) is 2.79. The van der Waals surface area contributed by atoms with Crippen molar-refractivity contribution in [1.29, 1.82) is 5.26 Å². The second-order valence-corrected chi connectivity index (χ2v) is 4.93. The number of ether oxygens (including phenoxy) is 1. The summed E-state index contributed by atoms with van der Waals surface area (Å²) in [5, 5.41) is 11.4. The van der Waals surface area contributed by atoms with Crippen molar-refractivity contribution in [2.75, 3.05) is 5.32 Å². The number of carbonyl (C=O) groups is 2. The number of hydrogen-bond donors (Lipinski definition) is 1. The highest BCUT2D eigenvalue weighted by atomic mass is 35.5. The first-order chi connectivity index (χ1) is 11.0. The molecule has 1 amide bonds. The van der Waals surface area contributed by atoms with Crippen LogP contribution in [0, 0.1) is 11.3 Å². The molecular weight excluding hydrogens is 318 g/mol. The molecule has 0 unspecified atom stereocenters. The van der Waals surface area contributed by atoms with Gasteiger partial charge in [-0.1, -0.05) is 17.7 Å². The number of rotatable bonds is 4. The molecule has 6 nitrogen and oxygen atoms in total. The van der Waals surface area contributed by atoms with Gasteiger partial charge in [-0.3, -0.25) is 4.79 Å². The van der Waals surface area contributed by atoms with Crippen LogP contribution in [-0.4, -0.2) is 23.0 Å². The van der Waals surface area contributed by atoms with Crippen LogP contribution in [-0.2, 0) is 9.53 Å². The first-order valence-corrected chi connectivity index (χ1v) is 7.01. The smallest absolute Gasteiger partial charge is 0.342 e. The minimum absolute atomic E-state index is 0.00632. The standard InChI is InChI=1S/C16H12ClN3O3/c1-10(23-16(22)13-6-3-7-19-14(13)17)15(21)20-12-5-2-4-11(8-12)9-18/h2-8,10H,1H3,(H,20,21)/t10-/m0/s1. The summed E-state index contributed by atoms with van der Waals surface area (Å²) in [6.07, 6.45) is 0.404. The molecule has 0 saturated carbocycles. The quantitative estimate of drug-likeness (QED) is 0.687. The van der Waals surface area contributed by atoms with Gasteiger partial charge in [-0.25, -0.2) is 9.78 Å². The van der Waals surface area contributed by atoms with E-state index in [0.29, 0.717) is 11.3 Å². The molecule has 23 heavy (non-hydrogen) atoms. The molecule has 0 saturated heterocycles. The average molecular weight is 330 g/mol.